The molecule has 24 heavy (non-hydrogen) atoms. The van der Waals surface area contributed by atoms with Gasteiger partial charge >= 0.3 is 0 Å². The first kappa shape index (κ1) is 17.3. The van der Waals surface area contributed by atoms with E-state index < -0.39 is 0 Å². The SMILES string of the molecule is O=C(CN1CCOC[C@@H]1[C@H]1CCC[C@@H]1O)NCc1ccccc1F. The molecule has 2 N–H and O–H groups in total. The minimum Gasteiger partial charge on any atom is -0.393 e. The Kier molecular flexibility index (Phi) is 5.81. The number of halogens is 1. The molecule has 1 saturated heterocycles. The highest BCUT2D eigenvalue weighted by Crippen LogP contribution is 2.32. The van der Waals surface area contributed by atoms with Gasteiger partial charge in [0.1, 0.15) is 5.82 Å². The van der Waals surface area contributed by atoms with E-state index >= 15 is 0 Å². The molecule has 1 saturated carbocycles. The van der Waals surface area contributed by atoms with Crippen LogP contribution in [0, 0.1) is 11.7 Å². The maximum Gasteiger partial charge on any atom is 0.234 e. The van der Waals surface area contributed by atoms with E-state index in [0.717, 1.165) is 19.3 Å². The molecule has 1 aromatic carbocycles. The Hall–Kier alpha value is -1.50. The van der Waals surface area contributed by atoms with Crippen molar-refractivity contribution < 1.29 is 19.0 Å². The zero-order valence-electron chi connectivity index (χ0n) is 13.8. The van der Waals surface area contributed by atoms with Gasteiger partial charge in [-0.05, 0) is 18.9 Å². The number of benzene rings is 1. The van der Waals surface area contributed by atoms with Gasteiger partial charge in [0.15, 0.2) is 0 Å². The highest BCUT2D eigenvalue weighted by atomic mass is 19.1. The van der Waals surface area contributed by atoms with Gasteiger partial charge < -0.3 is 15.2 Å². The Morgan fingerprint density at radius 1 is 1.38 bits per heavy atom. The van der Waals surface area contributed by atoms with Gasteiger partial charge in [0.2, 0.25) is 5.91 Å². The highest BCUT2D eigenvalue weighted by molar-refractivity contribution is 5.78. The Morgan fingerprint density at radius 2 is 2.21 bits per heavy atom. The van der Waals surface area contributed by atoms with Crippen LogP contribution in [0.15, 0.2) is 24.3 Å². The summed E-state index contributed by atoms with van der Waals surface area (Å²) in [7, 11) is 0. The second-order valence-electron chi connectivity index (χ2n) is 6.64. The minimum atomic E-state index is -0.309. The molecule has 6 heteroatoms. The molecule has 0 bridgehead atoms. The summed E-state index contributed by atoms with van der Waals surface area (Å²) in [4.78, 5) is 14.4. The summed E-state index contributed by atoms with van der Waals surface area (Å²) in [5.41, 5.74) is 0.482. The van der Waals surface area contributed by atoms with Crippen LogP contribution in [0.1, 0.15) is 24.8 Å². The largest absolute Gasteiger partial charge is 0.393 e. The van der Waals surface area contributed by atoms with Gasteiger partial charge in [-0.25, -0.2) is 4.39 Å². The molecule has 1 aliphatic heterocycles. The summed E-state index contributed by atoms with van der Waals surface area (Å²) in [5.74, 6) is -0.265. The van der Waals surface area contributed by atoms with Crippen molar-refractivity contribution in [2.24, 2.45) is 5.92 Å². The molecule has 1 aliphatic carbocycles. The van der Waals surface area contributed by atoms with Crippen molar-refractivity contribution in [1.82, 2.24) is 10.2 Å². The quantitative estimate of drug-likeness (QED) is 0.851. The van der Waals surface area contributed by atoms with E-state index in [4.69, 9.17) is 4.74 Å². The molecular weight excluding hydrogens is 311 g/mol. The average molecular weight is 336 g/mol. The van der Waals surface area contributed by atoms with Crippen molar-refractivity contribution in [2.75, 3.05) is 26.3 Å². The van der Waals surface area contributed by atoms with Crippen molar-refractivity contribution in [1.29, 1.82) is 0 Å². The number of aliphatic hydroxyl groups excluding tert-OH is 1. The topological polar surface area (TPSA) is 61.8 Å². The number of aliphatic hydroxyl groups is 1. The van der Waals surface area contributed by atoms with E-state index in [1.54, 1.807) is 18.2 Å². The number of hydrogen-bond donors (Lipinski definition) is 2. The number of nitrogens with one attached hydrogen (secondary N) is 1. The molecule has 0 unspecified atom stereocenters. The number of ether oxygens (including phenoxy) is 1. The number of amides is 1. The highest BCUT2D eigenvalue weighted by Gasteiger charge is 2.38. The Labute approximate surface area is 141 Å². The number of morpholine rings is 1. The number of carbonyl (C=O) groups is 1. The lowest BCUT2D eigenvalue weighted by molar-refractivity contribution is -0.126. The lowest BCUT2D eigenvalue weighted by Crippen LogP contribution is -2.53. The van der Waals surface area contributed by atoms with E-state index in [0.29, 0.717) is 25.3 Å². The van der Waals surface area contributed by atoms with Crippen LogP contribution >= 0.6 is 0 Å². The summed E-state index contributed by atoms with van der Waals surface area (Å²) in [5, 5.41) is 12.9. The average Bonchev–Trinajstić information content (AvgIpc) is 3.00. The zero-order valence-corrected chi connectivity index (χ0v) is 13.8. The summed E-state index contributed by atoms with van der Waals surface area (Å²) in [6.07, 6.45) is 2.52. The minimum absolute atomic E-state index is 0.0791. The van der Waals surface area contributed by atoms with Crippen molar-refractivity contribution in [3.05, 3.63) is 35.6 Å². The molecule has 1 amide bonds. The van der Waals surface area contributed by atoms with Crippen LogP contribution in [0.3, 0.4) is 0 Å². The standard InChI is InChI=1S/C18H25FN2O3/c19-15-6-2-1-4-13(15)10-20-18(23)11-21-8-9-24-12-16(21)14-5-3-7-17(14)22/h1-2,4,6,14,16-17,22H,3,5,7-12H2,(H,20,23)/t14-,16-,17+/m1/s1. The second kappa shape index (κ2) is 8.05. The third-order valence-corrected chi connectivity index (χ3v) is 5.09. The van der Waals surface area contributed by atoms with E-state index in [2.05, 4.69) is 10.2 Å². The number of rotatable bonds is 5. The monoisotopic (exact) mass is 336 g/mol. The maximum atomic E-state index is 13.6. The fourth-order valence-corrected chi connectivity index (χ4v) is 3.74. The summed E-state index contributed by atoms with van der Waals surface area (Å²) < 4.78 is 19.2. The van der Waals surface area contributed by atoms with E-state index in [1.165, 1.54) is 6.07 Å². The van der Waals surface area contributed by atoms with Gasteiger partial charge in [-0.3, -0.25) is 9.69 Å². The first-order valence-corrected chi connectivity index (χ1v) is 8.65. The summed E-state index contributed by atoms with van der Waals surface area (Å²) in [6, 6.07) is 6.52. The van der Waals surface area contributed by atoms with Crippen LogP contribution in [0.25, 0.3) is 0 Å². The molecule has 2 fully saturated rings. The van der Waals surface area contributed by atoms with Crippen molar-refractivity contribution in [3.63, 3.8) is 0 Å². The Balaban J connectivity index is 1.54. The third-order valence-electron chi connectivity index (χ3n) is 5.09. The van der Waals surface area contributed by atoms with Gasteiger partial charge in [0.25, 0.3) is 0 Å². The van der Waals surface area contributed by atoms with Crippen LogP contribution in [-0.2, 0) is 16.1 Å². The first-order valence-electron chi connectivity index (χ1n) is 8.65. The van der Waals surface area contributed by atoms with Gasteiger partial charge in [-0.2, -0.15) is 0 Å². The fourth-order valence-electron chi connectivity index (χ4n) is 3.74. The molecule has 5 nitrogen and oxygen atoms in total. The summed E-state index contributed by atoms with van der Waals surface area (Å²) in [6.45, 7) is 2.28. The molecule has 1 aromatic rings. The lowest BCUT2D eigenvalue weighted by atomic mass is 9.94. The number of hydrogen-bond acceptors (Lipinski definition) is 4. The van der Waals surface area contributed by atoms with Crippen LogP contribution in [0.4, 0.5) is 4.39 Å². The Morgan fingerprint density at radius 3 is 2.96 bits per heavy atom. The van der Waals surface area contributed by atoms with Crippen molar-refractivity contribution in [3.8, 4) is 0 Å². The zero-order chi connectivity index (χ0) is 16.9. The molecular formula is C18H25FN2O3. The van der Waals surface area contributed by atoms with Crippen LogP contribution < -0.4 is 5.32 Å². The van der Waals surface area contributed by atoms with Gasteiger partial charge in [0.05, 0.1) is 25.9 Å². The number of nitrogens with zero attached hydrogens (tertiary/aromatic N) is 1. The second-order valence-corrected chi connectivity index (χ2v) is 6.64. The molecule has 2 aliphatic rings. The molecule has 132 valence electrons. The molecule has 0 spiro atoms. The predicted molar refractivity (Wildman–Crippen MR) is 87.8 cm³/mol. The third kappa shape index (κ3) is 4.12. The van der Waals surface area contributed by atoms with E-state index in [9.17, 15) is 14.3 Å². The first-order chi connectivity index (χ1) is 11.6. The molecule has 1 heterocycles. The van der Waals surface area contributed by atoms with E-state index in [-0.39, 0.29) is 42.9 Å². The maximum absolute atomic E-state index is 13.6. The smallest absolute Gasteiger partial charge is 0.234 e. The predicted octanol–water partition coefficient (Wildman–Crippen LogP) is 1.30. The van der Waals surface area contributed by atoms with Crippen LogP contribution in [0.2, 0.25) is 0 Å². The van der Waals surface area contributed by atoms with Crippen LogP contribution in [0.5, 0.6) is 0 Å². The summed E-state index contributed by atoms with van der Waals surface area (Å²) >= 11 is 0. The van der Waals surface area contributed by atoms with E-state index in [1.807, 2.05) is 0 Å². The van der Waals surface area contributed by atoms with Crippen LogP contribution in [-0.4, -0.2) is 54.4 Å². The molecule has 0 aromatic heterocycles. The normalized spacial score (nSPS) is 28.0. The molecule has 0 radical (unpaired) electrons. The number of carbonyl (C=O) groups excluding carboxylic acids is 1. The van der Waals surface area contributed by atoms with Gasteiger partial charge in [0, 0.05) is 30.6 Å². The van der Waals surface area contributed by atoms with Gasteiger partial charge in [-0.1, -0.05) is 24.6 Å². The Bertz CT molecular complexity index is 569. The molecule has 3 rings (SSSR count). The molecule has 3 atom stereocenters. The lowest BCUT2D eigenvalue weighted by Gasteiger charge is -2.39. The van der Waals surface area contributed by atoms with Crippen molar-refractivity contribution >= 4 is 5.91 Å². The van der Waals surface area contributed by atoms with Crippen molar-refractivity contribution in [2.45, 2.75) is 38.0 Å². The fraction of sp³-hybridized carbons (Fsp3) is 0.611. The van der Waals surface area contributed by atoms with Gasteiger partial charge in [-0.15, -0.1) is 0 Å².